The molecule has 0 saturated carbocycles. The highest BCUT2D eigenvalue weighted by atomic mass is 32.2. The highest BCUT2D eigenvalue weighted by Gasteiger charge is 2.38. The van der Waals surface area contributed by atoms with Crippen LogP contribution in [0, 0.1) is 6.92 Å². The predicted molar refractivity (Wildman–Crippen MR) is 111 cm³/mol. The molecular formula is C22H24N2O3S. The monoisotopic (exact) mass is 396 g/mol. The third-order valence-corrected chi connectivity index (χ3v) is 6.91. The number of hydrogen-bond donors (Lipinski definition) is 2. The highest BCUT2D eigenvalue weighted by Crippen LogP contribution is 2.33. The van der Waals surface area contributed by atoms with Crippen LogP contribution in [0.2, 0.25) is 0 Å². The number of rotatable bonds is 7. The van der Waals surface area contributed by atoms with Gasteiger partial charge in [-0.3, -0.25) is 4.79 Å². The minimum atomic E-state index is -3.83. The number of carbonyl (C=O) groups excluding carboxylic acids is 1. The Morgan fingerprint density at radius 2 is 1.61 bits per heavy atom. The number of sulfonamides is 1. The lowest BCUT2D eigenvalue weighted by molar-refractivity contribution is 0.103. The van der Waals surface area contributed by atoms with E-state index in [1.165, 1.54) is 0 Å². The van der Waals surface area contributed by atoms with Gasteiger partial charge in [0.25, 0.3) is 0 Å². The van der Waals surface area contributed by atoms with Crippen molar-refractivity contribution in [3.05, 3.63) is 94.8 Å². The Balaban J connectivity index is 1.85. The van der Waals surface area contributed by atoms with Gasteiger partial charge in [-0.05, 0) is 43.9 Å². The van der Waals surface area contributed by atoms with Gasteiger partial charge in [-0.2, -0.15) is 0 Å². The van der Waals surface area contributed by atoms with E-state index in [0.717, 1.165) is 11.3 Å². The third kappa shape index (κ3) is 3.93. The molecule has 6 heteroatoms. The van der Waals surface area contributed by atoms with Crippen molar-refractivity contribution >= 4 is 15.8 Å². The van der Waals surface area contributed by atoms with Crippen molar-refractivity contribution < 1.29 is 13.2 Å². The third-order valence-electron chi connectivity index (χ3n) is 5.22. The van der Waals surface area contributed by atoms with E-state index in [4.69, 9.17) is 5.14 Å². The standard InChI is InChI=1S/C22H24N2O3S/c1-16-15-19(24-20(16)21(25)17-9-5-3-6-10-17)13-14-22(2,28(23,26)27)18-11-7-4-8-12-18/h3-12,15,24H,13-14H2,1-2H3,(H2,23,26,27). The minimum absolute atomic E-state index is 0.0818. The number of nitrogens with two attached hydrogens (primary N) is 1. The molecule has 3 rings (SSSR count). The van der Waals surface area contributed by atoms with E-state index in [2.05, 4.69) is 4.98 Å². The van der Waals surface area contributed by atoms with Gasteiger partial charge in [-0.1, -0.05) is 60.7 Å². The first-order valence-electron chi connectivity index (χ1n) is 9.08. The second-order valence-corrected chi connectivity index (χ2v) is 9.18. The van der Waals surface area contributed by atoms with Crippen molar-refractivity contribution in [2.75, 3.05) is 0 Å². The predicted octanol–water partition coefficient (Wildman–Crippen LogP) is 3.69. The number of carbonyl (C=O) groups is 1. The highest BCUT2D eigenvalue weighted by molar-refractivity contribution is 7.90. The molecule has 5 nitrogen and oxygen atoms in total. The number of hydrogen-bond acceptors (Lipinski definition) is 3. The fourth-order valence-corrected chi connectivity index (χ4v) is 4.20. The van der Waals surface area contributed by atoms with Crippen LogP contribution in [0.4, 0.5) is 0 Å². The van der Waals surface area contributed by atoms with Crippen LogP contribution >= 0.6 is 0 Å². The summed E-state index contributed by atoms with van der Waals surface area (Å²) < 4.78 is 23.5. The van der Waals surface area contributed by atoms with Crippen molar-refractivity contribution in [3.8, 4) is 0 Å². The number of aromatic nitrogens is 1. The number of ketones is 1. The zero-order valence-electron chi connectivity index (χ0n) is 16.0. The van der Waals surface area contributed by atoms with Crippen LogP contribution in [0.3, 0.4) is 0 Å². The van der Waals surface area contributed by atoms with Crippen molar-refractivity contribution in [1.82, 2.24) is 4.98 Å². The summed E-state index contributed by atoms with van der Waals surface area (Å²) in [7, 11) is -3.83. The first-order valence-corrected chi connectivity index (χ1v) is 10.6. The lowest BCUT2D eigenvalue weighted by atomic mass is 9.94. The maximum Gasteiger partial charge on any atom is 0.218 e. The fraction of sp³-hybridized carbons (Fsp3) is 0.227. The Bertz CT molecular complexity index is 1070. The molecule has 0 bridgehead atoms. The minimum Gasteiger partial charge on any atom is -0.355 e. The number of nitrogens with one attached hydrogen (secondary N) is 1. The molecule has 0 aliphatic carbocycles. The SMILES string of the molecule is Cc1cc(CCC(C)(c2ccccc2)S(N)(=O)=O)[nH]c1C(=O)c1ccccc1. The molecule has 0 saturated heterocycles. The average Bonchev–Trinajstić information content (AvgIpc) is 3.06. The maximum absolute atomic E-state index is 12.7. The molecule has 0 aliphatic heterocycles. The van der Waals surface area contributed by atoms with Crippen LogP contribution in [-0.2, 0) is 21.2 Å². The Morgan fingerprint density at radius 3 is 2.18 bits per heavy atom. The Hall–Kier alpha value is -2.70. The van der Waals surface area contributed by atoms with Crippen LogP contribution in [0.5, 0.6) is 0 Å². The van der Waals surface area contributed by atoms with E-state index in [1.54, 1.807) is 43.3 Å². The zero-order valence-corrected chi connectivity index (χ0v) is 16.8. The second-order valence-electron chi connectivity index (χ2n) is 7.19. The molecule has 3 N–H and O–H groups in total. The summed E-state index contributed by atoms with van der Waals surface area (Å²) in [5.41, 5.74) is 3.43. The van der Waals surface area contributed by atoms with Crippen molar-refractivity contribution in [1.29, 1.82) is 0 Å². The van der Waals surface area contributed by atoms with Gasteiger partial charge in [0.15, 0.2) is 0 Å². The molecule has 28 heavy (non-hydrogen) atoms. The lowest BCUT2D eigenvalue weighted by Crippen LogP contribution is -2.38. The molecular weight excluding hydrogens is 372 g/mol. The van der Waals surface area contributed by atoms with Gasteiger partial charge in [0.2, 0.25) is 15.8 Å². The zero-order chi connectivity index (χ0) is 20.4. The van der Waals surface area contributed by atoms with Gasteiger partial charge < -0.3 is 4.98 Å². The van der Waals surface area contributed by atoms with E-state index in [9.17, 15) is 13.2 Å². The summed E-state index contributed by atoms with van der Waals surface area (Å²) in [4.78, 5) is 15.9. The van der Waals surface area contributed by atoms with E-state index in [1.807, 2.05) is 37.3 Å². The summed E-state index contributed by atoms with van der Waals surface area (Å²) >= 11 is 0. The van der Waals surface area contributed by atoms with E-state index in [0.29, 0.717) is 29.7 Å². The van der Waals surface area contributed by atoms with Gasteiger partial charge in [0, 0.05) is 11.3 Å². The van der Waals surface area contributed by atoms with Crippen molar-refractivity contribution in [2.24, 2.45) is 5.14 Å². The fourth-order valence-electron chi connectivity index (χ4n) is 3.35. The molecule has 3 aromatic rings. The number of primary sulfonamides is 1. The molecule has 0 aliphatic rings. The van der Waals surface area contributed by atoms with E-state index >= 15 is 0 Å². The molecule has 146 valence electrons. The van der Waals surface area contributed by atoms with Crippen LogP contribution in [0.25, 0.3) is 0 Å². The Kier molecular flexibility index (Phi) is 5.54. The molecule has 1 heterocycles. The Morgan fingerprint density at radius 1 is 1.04 bits per heavy atom. The summed E-state index contributed by atoms with van der Waals surface area (Å²) in [5.74, 6) is -0.0818. The van der Waals surface area contributed by atoms with Crippen molar-refractivity contribution in [2.45, 2.75) is 31.4 Å². The maximum atomic E-state index is 12.7. The summed E-state index contributed by atoms with van der Waals surface area (Å²) in [6.07, 6.45) is 0.750. The molecule has 0 spiro atoms. The van der Waals surface area contributed by atoms with Crippen molar-refractivity contribution in [3.63, 3.8) is 0 Å². The number of aryl methyl sites for hydroxylation is 2. The van der Waals surface area contributed by atoms with E-state index < -0.39 is 14.8 Å². The molecule has 1 atom stereocenters. The summed E-state index contributed by atoms with van der Waals surface area (Å²) in [5, 5.41) is 5.58. The molecule has 0 fully saturated rings. The van der Waals surface area contributed by atoms with Gasteiger partial charge in [0.05, 0.1) is 5.69 Å². The number of benzene rings is 2. The van der Waals surface area contributed by atoms with Crippen LogP contribution in [0.1, 0.15) is 46.2 Å². The van der Waals surface area contributed by atoms with Crippen LogP contribution < -0.4 is 5.14 Å². The van der Waals surface area contributed by atoms with Gasteiger partial charge in [-0.15, -0.1) is 0 Å². The van der Waals surface area contributed by atoms with Gasteiger partial charge in [0.1, 0.15) is 4.75 Å². The quantitative estimate of drug-likeness (QED) is 0.597. The average molecular weight is 397 g/mol. The summed E-state index contributed by atoms with van der Waals surface area (Å²) in [6, 6.07) is 19.9. The van der Waals surface area contributed by atoms with Gasteiger partial charge in [-0.25, -0.2) is 13.6 Å². The first kappa shape index (κ1) is 20.0. The molecule has 0 radical (unpaired) electrons. The molecule has 1 unspecified atom stereocenters. The molecule has 1 aromatic heterocycles. The lowest BCUT2D eigenvalue weighted by Gasteiger charge is -2.27. The normalized spacial score (nSPS) is 13.8. The number of aromatic amines is 1. The summed E-state index contributed by atoms with van der Waals surface area (Å²) in [6.45, 7) is 3.51. The van der Waals surface area contributed by atoms with E-state index in [-0.39, 0.29) is 5.78 Å². The van der Waals surface area contributed by atoms with Gasteiger partial charge >= 0.3 is 0 Å². The number of H-pyrrole nitrogens is 1. The van der Waals surface area contributed by atoms with Crippen LogP contribution in [0.15, 0.2) is 66.7 Å². The van der Waals surface area contributed by atoms with Crippen LogP contribution in [-0.4, -0.2) is 19.2 Å². The second kappa shape index (κ2) is 7.73. The molecule has 2 aromatic carbocycles. The largest absolute Gasteiger partial charge is 0.355 e. The smallest absolute Gasteiger partial charge is 0.218 e. The molecule has 0 amide bonds. The first-order chi connectivity index (χ1) is 13.2. The Labute approximate surface area is 165 Å². The topological polar surface area (TPSA) is 93.0 Å².